The summed E-state index contributed by atoms with van der Waals surface area (Å²) in [5.41, 5.74) is 2.94. The SMILES string of the molecule is CC1CCCN(c2ccc(CNC(=O)c3ccc4c(c3)OCCO4)cc2)C1. The number of hydrogen-bond acceptors (Lipinski definition) is 4. The number of benzene rings is 2. The zero-order valence-electron chi connectivity index (χ0n) is 15.7. The van der Waals surface area contributed by atoms with Gasteiger partial charge < -0.3 is 19.7 Å². The number of nitrogens with one attached hydrogen (secondary N) is 1. The topological polar surface area (TPSA) is 50.8 Å². The Morgan fingerprint density at radius 3 is 2.67 bits per heavy atom. The minimum atomic E-state index is -0.110. The first-order valence-electron chi connectivity index (χ1n) is 9.71. The van der Waals surface area contributed by atoms with Crippen LogP contribution in [0.2, 0.25) is 0 Å². The van der Waals surface area contributed by atoms with E-state index < -0.39 is 0 Å². The molecule has 5 nitrogen and oxygen atoms in total. The van der Waals surface area contributed by atoms with Crippen molar-refractivity contribution >= 4 is 11.6 Å². The maximum atomic E-state index is 12.4. The zero-order chi connectivity index (χ0) is 18.6. The molecule has 2 aromatic carbocycles. The molecule has 2 aliphatic heterocycles. The molecule has 1 atom stereocenters. The summed E-state index contributed by atoms with van der Waals surface area (Å²) in [6, 6.07) is 13.8. The number of nitrogens with zero attached hydrogens (tertiary/aromatic N) is 1. The fourth-order valence-corrected chi connectivity index (χ4v) is 3.72. The summed E-state index contributed by atoms with van der Waals surface area (Å²) >= 11 is 0. The predicted octanol–water partition coefficient (Wildman–Crippen LogP) is 3.62. The van der Waals surface area contributed by atoms with E-state index in [0.29, 0.717) is 36.8 Å². The van der Waals surface area contributed by atoms with Gasteiger partial charge in [0.1, 0.15) is 13.2 Å². The third-order valence-electron chi connectivity index (χ3n) is 5.22. The molecule has 0 radical (unpaired) electrons. The maximum absolute atomic E-state index is 12.4. The number of rotatable bonds is 4. The smallest absolute Gasteiger partial charge is 0.251 e. The van der Waals surface area contributed by atoms with Crippen LogP contribution in [0.1, 0.15) is 35.7 Å². The molecule has 2 heterocycles. The lowest BCUT2D eigenvalue weighted by molar-refractivity contribution is 0.0949. The lowest BCUT2D eigenvalue weighted by atomic mass is 9.99. The average molecular weight is 366 g/mol. The van der Waals surface area contributed by atoms with Crippen LogP contribution in [0.4, 0.5) is 5.69 Å². The lowest BCUT2D eigenvalue weighted by Crippen LogP contribution is -2.34. The van der Waals surface area contributed by atoms with Crippen molar-refractivity contribution in [2.24, 2.45) is 5.92 Å². The van der Waals surface area contributed by atoms with Gasteiger partial charge >= 0.3 is 0 Å². The maximum Gasteiger partial charge on any atom is 0.251 e. The number of anilines is 1. The van der Waals surface area contributed by atoms with Crippen molar-refractivity contribution in [3.05, 3.63) is 53.6 Å². The molecule has 2 aliphatic rings. The summed E-state index contributed by atoms with van der Waals surface area (Å²) in [4.78, 5) is 14.9. The molecule has 142 valence electrons. The molecule has 1 fully saturated rings. The Balaban J connectivity index is 1.35. The minimum Gasteiger partial charge on any atom is -0.486 e. The van der Waals surface area contributed by atoms with Crippen molar-refractivity contribution in [1.82, 2.24) is 5.32 Å². The van der Waals surface area contributed by atoms with E-state index in [-0.39, 0.29) is 5.91 Å². The first kappa shape index (κ1) is 17.7. The van der Waals surface area contributed by atoms with E-state index in [2.05, 4.69) is 41.4 Å². The molecule has 1 N–H and O–H groups in total. The number of fused-ring (bicyclic) bond motifs is 1. The van der Waals surface area contributed by atoms with Crippen LogP contribution < -0.4 is 19.7 Å². The molecule has 1 saturated heterocycles. The van der Waals surface area contributed by atoms with Gasteiger partial charge in [0.05, 0.1) is 0 Å². The molecule has 4 rings (SSSR count). The van der Waals surface area contributed by atoms with Crippen molar-refractivity contribution in [3.63, 3.8) is 0 Å². The molecule has 0 bridgehead atoms. The highest BCUT2D eigenvalue weighted by molar-refractivity contribution is 5.94. The highest BCUT2D eigenvalue weighted by Gasteiger charge is 2.17. The van der Waals surface area contributed by atoms with Crippen LogP contribution in [0.25, 0.3) is 0 Å². The molecule has 5 heteroatoms. The van der Waals surface area contributed by atoms with Gasteiger partial charge in [0, 0.05) is 30.9 Å². The van der Waals surface area contributed by atoms with Gasteiger partial charge in [-0.05, 0) is 54.7 Å². The Morgan fingerprint density at radius 2 is 1.89 bits per heavy atom. The minimum absolute atomic E-state index is 0.110. The van der Waals surface area contributed by atoms with Crippen LogP contribution in [-0.2, 0) is 6.54 Å². The monoisotopic (exact) mass is 366 g/mol. The van der Waals surface area contributed by atoms with Gasteiger partial charge in [-0.1, -0.05) is 19.1 Å². The summed E-state index contributed by atoms with van der Waals surface area (Å²) in [6.45, 7) is 6.13. The summed E-state index contributed by atoms with van der Waals surface area (Å²) in [7, 11) is 0. The molecular formula is C22H26N2O3. The number of hydrogen-bond donors (Lipinski definition) is 1. The van der Waals surface area contributed by atoms with Crippen molar-refractivity contribution in [2.75, 3.05) is 31.2 Å². The van der Waals surface area contributed by atoms with E-state index in [1.807, 2.05) is 0 Å². The molecule has 1 amide bonds. The second kappa shape index (κ2) is 7.91. The van der Waals surface area contributed by atoms with Gasteiger partial charge in [-0.2, -0.15) is 0 Å². The van der Waals surface area contributed by atoms with Crippen molar-refractivity contribution in [1.29, 1.82) is 0 Å². The normalized spacial score (nSPS) is 18.9. The van der Waals surface area contributed by atoms with Gasteiger partial charge in [-0.25, -0.2) is 0 Å². The first-order chi connectivity index (χ1) is 13.2. The number of carbonyl (C=O) groups excluding carboxylic acids is 1. The third-order valence-corrected chi connectivity index (χ3v) is 5.22. The summed E-state index contributed by atoms with van der Waals surface area (Å²) in [6.07, 6.45) is 2.58. The van der Waals surface area contributed by atoms with Crippen LogP contribution in [0.3, 0.4) is 0 Å². The number of carbonyl (C=O) groups is 1. The molecular weight excluding hydrogens is 340 g/mol. The Labute approximate surface area is 160 Å². The Morgan fingerprint density at radius 1 is 1.11 bits per heavy atom. The molecule has 0 saturated carbocycles. The van der Waals surface area contributed by atoms with Crippen LogP contribution in [-0.4, -0.2) is 32.2 Å². The third kappa shape index (κ3) is 4.18. The van der Waals surface area contributed by atoms with Crippen LogP contribution >= 0.6 is 0 Å². The highest BCUT2D eigenvalue weighted by atomic mass is 16.6. The fourth-order valence-electron chi connectivity index (χ4n) is 3.72. The van der Waals surface area contributed by atoms with Crippen molar-refractivity contribution < 1.29 is 14.3 Å². The Bertz CT molecular complexity index is 804. The zero-order valence-corrected chi connectivity index (χ0v) is 15.7. The standard InChI is InChI=1S/C22H26N2O3/c1-16-3-2-10-24(15-16)19-7-4-17(5-8-19)14-23-22(25)18-6-9-20-21(13-18)27-12-11-26-20/h4-9,13,16H,2-3,10-12,14-15H2,1H3,(H,23,25). The molecule has 0 aromatic heterocycles. The van der Waals surface area contributed by atoms with Gasteiger partial charge in [0.2, 0.25) is 0 Å². The predicted molar refractivity (Wildman–Crippen MR) is 106 cm³/mol. The van der Waals surface area contributed by atoms with Crippen LogP contribution in [0, 0.1) is 5.92 Å². The number of ether oxygens (including phenoxy) is 2. The second-order valence-corrected chi connectivity index (χ2v) is 7.40. The summed E-state index contributed by atoms with van der Waals surface area (Å²) in [5.74, 6) is 1.97. The average Bonchev–Trinajstić information content (AvgIpc) is 2.72. The Kier molecular flexibility index (Phi) is 5.19. The van der Waals surface area contributed by atoms with Crippen LogP contribution in [0.15, 0.2) is 42.5 Å². The molecule has 1 unspecified atom stereocenters. The summed E-state index contributed by atoms with van der Waals surface area (Å²) < 4.78 is 11.0. The quantitative estimate of drug-likeness (QED) is 0.898. The van der Waals surface area contributed by atoms with E-state index in [4.69, 9.17) is 9.47 Å². The van der Waals surface area contributed by atoms with Crippen molar-refractivity contribution in [3.8, 4) is 11.5 Å². The molecule has 0 spiro atoms. The van der Waals surface area contributed by atoms with E-state index in [0.717, 1.165) is 24.6 Å². The first-order valence-corrected chi connectivity index (χ1v) is 9.71. The van der Waals surface area contributed by atoms with E-state index in [1.54, 1.807) is 18.2 Å². The van der Waals surface area contributed by atoms with Gasteiger partial charge in [0.25, 0.3) is 5.91 Å². The molecule has 27 heavy (non-hydrogen) atoms. The summed E-state index contributed by atoms with van der Waals surface area (Å²) in [5, 5.41) is 2.98. The van der Waals surface area contributed by atoms with Crippen molar-refractivity contribution in [2.45, 2.75) is 26.3 Å². The van der Waals surface area contributed by atoms with E-state index in [9.17, 15) is 4.79 Å². The second-order valence-electron chi connectivity index (χ2n) is 7.40. The lowest BCUT2D eigenvalue weighted by Gasteiger charge is -2.32. The van der Waals surface area contributed by atoms with E-state index >= 15 is 0 Å². The van der Waals surface area contributed by atoms with Gasteiger partial charge in [-0.15, -0.1) is 0 Å². The number of piperidine rings is 1. The molecule has 2 aromatic rings. The highest BCUT2D eigenvalue weighted by Crippen LogP contribution is 2.30. The fraction of sp³-hybridized carbons (Fsp3) is 0.409. The molecule has 0 aliphatic carbocycles. The van der Waals surface area contributed by atoms with Gasteiger partial charge in [-0.3, -0.25) is 4.79 Å². The van der Waals surface area contributed by atoms with Crippen LogP contribution in [0.5, 0.6) is 11.5 Å². The van der Waals surface area contributed by atoms with Gasteiger partial charge in [0.15, 0.2) is 11.5 Å². The van der Waals surface area contributed by atoms with E-state index in [1.165, 1.54) is 18.5 Å². The Hall–Kier alpha value is -2.69. The largest absolute Gasteiger partial charge is 0.486 e. The number of amides is 1.